The average molecular weight is 344 g/mol. The number of carbonyl (C=O) groups is 1. The van der Waals surface area contributed by atoms with Gasteiger partial charge in [-0.05, 0) is 23.9 Å². The number of hydrogen-bond donors (Lipinski definition) is 0. The molecule has 0 aliphatic heterocycles. The Labute approximate surface area is 140 Å². The minimum Gasteiger partial charge on any atom is -0.496 e. The van der Waals surface area contributed by atoms with Crippen molar-refractivity contribution in [3.63, 3.8) is 0 Å². The Morgan fingerprint density at radius 2 is 1.96 bits per heavy atom. The highest BCUT2D eigenvalue weighted by Gasteiger charge is 2.22. The monoisotopic (exact) mass is 343 g/mol. The van der Waals surface area contributed by atoms with Gasteiger partial charge >= 0.3 is 5.69 Å². The topological polar surface area (TPSA) is 78.7 Å². The number of methoxy groups -OCH3 is 1. The van der Waals surface area contributed by atoms with E-state index in [0.717, 1.165) is 31.7 Å². The van der Waals surface area contributed by atoms with E-state index in [9.17, 15) is 14.9 Å². The summed E-state index contributed by atoms with van der Waals surface area (Å²) in [7, 11) is 1.36. The van der Waals surface area contributed by atoms with Gasteiger partial charge < -0.3 is 9.47 Å². The molecule has 1 rings (SSSR count). The highest BCUT2D eigenvalue weighted by Crippen LogP contribution is 2.35. The van der Waals surface area contributed by atoms with Crippen LogP contribution in [0.25, 0.3) is 0 Å². The summed E-state index contributed by atoms with van der Waals surface area (Å²) in [4.78, 5) is 21.9. The molecule has 0 aliphatic rings. The van der Waals surface area contributed by atoms with Crippen molar-refractivity contribution in [1.29, 1.82) is 0 Å². The number of nitrogens with zero attached hydrogens (tertiary/aromatic N) is 1. The van der Waals surface area contributed by atoms with Gasteiger partial charge in [0, 0.05) is 12.1 Å². The van der Waals surface area contributed by atoms with Crippen molar-refractivity contribution in [3.8, 4) is 11.5 Å². The number of ether oxygens (including phenoxy) is 2. The lowest BCUT2D eigenvalue weighted by atomic mass is 10.1. The van der Waals surface area contributed by atoms with E-state index in [2.05, 4.69) is 13.8 Å². The molecule has 1 aromatic rings. The maximum absolute atomic E-state index is 11.3. The highest BCUT2D eigenvalue weighted by atomic mass is 35.5. The number of carbonyl (C=O) groups excluding carboxylic acids is 1. The molecule has 0 saturated carbocycles. The molecule has 0 amide bonds. The number of benzene rings is 1. The van der Waals surface area contributed by atoms with Crippen LogP contribution < -0.4 is 9.47 Å². The Morgan fingerprint density at radius 3 is 2.48 bits per heavy atom. The molecule has 0 bridgehead atoms. The summed E-state index contributed by atoms with van der Waals surface area (Å²) in [6.45, 7) is 4.72. The summed E-state index contributed by atoms with van der Waals surface area (Å²) < 4.78 is 10.6. The molecule has 1 aromatic carbocycles. The van der Waals surface area contributed by atoms with Crippen LogP contribution >= 0.6 is 11.6 Å². The van der Waals surface area contributed by atoms with E-state index >= 15 is 0 Å². The lowest BCUT2D eigenvalue weighted by Gasteiger charge is -2.11. The van der Waals surface area contributed by atoms with Gasteiger partial charge in [0.1, 0.15) is 5.75 Å². The van der Waals surface area contributed by atoms with Crippen molar-refractivity contribution in [3.05, 3.63) is 27.8 Å². The molecule has 128 valence electrons. The van der Waals surface area contributed by atoms with E-state index in [1.807, 2.05) is 0 Å². The van der Waals surface area contributed by atoms with E-state index < -0.39 is 10.2 Å². The minimum atomic E-state index is -0.815. The van der Waals surface area contributed by atoms with E-state index in [1.54, 1.807) is 0 Å². The molecule has 0 saturated heterocycles. The third-order valence-electron chi connectivity index (χ3n) is 3.37. The number of rotatable bonds is 10. The molecule has 0 aromatic heterocycles. The Bertz CT molecular complexity index is 560. The molecule has 7 heteroatoms. The molecule has 0 spiro atoms. The van der Waals surface area contributed by atoms with Crippen molar-refractivity contribution in [2.24, 2.45) is 5.92 Å². The van der Waals surface area contributed by atoms with Crippen LogP contribution in [0, 0.1) is 16.0 Å². The zero-order chi connectivity index (χ0) is 17.4. The van der Waals surface area contributed by atoms with Crippen LogP contribution in [-0.2, 0) is 0 Å². The summed E-state index contributed by atoms with van der Waals surface area (Å²) in [5.41, 5.74) is -0.345. The second-order valence-corrected chi connectivity index (χ2v) is 5.99. The number of nitro benzene ring substituents is 1. The van der Waals surface area contributed by atoms with Gasteiger partial charge in [0.05, 0.1) is 24.2 Å². The van der Waals surface area contributed by atoms with Crippen LogP contribution in [0.15, 0.2) is 12.1 Å². The maximum atomic E-state index is 11.3. The summed E-state index contributed by atoms with van der Waals surface area (Å²) in [5, 5.41) is 10.3. The molecule has 6 nitrogen and oxygen atoms in total. The molecule has 0 radical (unpaired) electrons. The third kappa shape index (κ3) is 6.06. The van der Waals surface area contributed by atoms with Gasteiger partial charge in [0.15, 0.2) is 0 Å². The Morgan fingerprint density at radius 1 is 1.26 bits per heavy atom. The van der Waals surface area contributed by atoms with Crippen LogP contribution in [0.5, 0.6) is 11.5 Å². The highest BCUT2D eigenvalue weighted by molar-refractivity contribution is 6.68. The predicted octanol–water partition coefficient (Wildman–Crippen LogP) is 4.58. The maximum Gasteiger partial charge on any atom is 0.311 e. The van der Waals surface area contributed by atoms with Crippen LogP contribution in [0.3, 0.4) is 0 Å². The number of unbranched alkanes of at least 4 members (excludes halogenated alkanes) is 2. The van der Waals surface area contributed by atoms with Gasteiger partial charge in [0.25, 0.3) is 5.24 Å². The summed E-state index contributed by atoms with van der Waals surface area (Å²) in [6, 6.07) is 2.42. The Kier molecular flexibility index (Phi) is 7.81. The van der Waals surface area contributed by atoms with Crippen LogP contribution in [-0.4, -0.2) is 23.9 Å². The molecule has 0 aliphatic carbocycles. The zero-order valence-electron chi connectivity index (χ0n) is 13.6. The van der Waals surface area contributed by atoms with Gasteiger partial charge in [0.2, 0.25) is 5.75 Å². The summed E-state index contributed by atoms with van der Waals surface area (Å²) in [6.07, 6.45) is 4.07. The first-order valence-corrected chi connectivity index (χ1v) is 7.93. The van der Waals surface area contributed by atoms with Crippen LogP contribution in [0.2, 0.25) is 0 Å². The first-order valence-electron chi connectivity index (χ1n) is 7.55. The summed E-state index contributed by atoms with van der Waals surface area (Å²) in [5.74, 6) is 0.907. The fourth-order valence-corrected chi connectivity index (χ4v) is 2.29. The third-order valence-corrected chi connectivity index (χ3v) is 3.58. The standard InChI is InChI=1S/C16H22ClNO5/c1-11(2)7-5-4-6-8-23-15-10-14(22-3)12(16(17)19)9-13(15)18(20)21/h9-11H,4-8H2,1-3H3. The van der Waals surface area contributed by atoms with Gasteiger partial charge in [-0.2, -0.15) is 0 Å². The fourth-order valence-electron chi connectivity index (χ4n) is 2.14. The second-order valence-electron chi connectivity index (χ2n) is 5.64. The molecular weight excluding hydrogens is 322 g/mol. The Balaban J connectivity index is 2.77. The van der Waals surface area contributed by atoms with Gasteiger partial charge in [-0.15, -0.1) is 0 Å². The molecule has 0 unspecified atom stereocenters. The zero-order valence-corrected chi connectivity index (χ0v) is 14.4. The van der Waals surface area contributed by atoms with Gasteiger partial charge in [-0.3, -0.25) is 14.9 Å². The fraction of sp³-hybridized carbons (Fsp3) is 0.562. The van der Waals surface area contributed by atoms with Crippen molar-refractivity contribution in [2.45, 2.75) is 39.5 Å². The first kappa shape index (κ1) is 19.2. The van der Waals surface area contributed by atoms with Crippen molar-refractivity contribution < 1.29 is 19.2 Å². The first-order chi connectivity index (χ1) is 10.9. The second kappa shape index (κ2) is 9.35. The van der Waals surface area contributed by atoms with Crippen molar-refractivity contribution >= 4 is 22.5 Å². The SMILES string of the molecule is COc1cc(OCCCCCC(C)C)c([N+](=O)[O-])cc1C(=O)Cl. The van der Waals surface area contributed by atoms with Crippen molar-refractivity contribution in [1.82, 2.24) is 0 Å². The lowest BCUT2D eigenvalue weighted by Crippen LogP contribution is -2.04. The van der Waals surface area contributed by atoms with Gasteiger partial charge in [-0.25, -0.2) is 0 Å². The van der Waals surface area contributed by atoms with Crippen LogP contribution in [0.4, 0.5) is 5.69 Å². The molecule has 0 atom stereocenters. The smallest absolute Gasteiger partial charge is 0.311 e. The van der Waals surface area contributed by atoms with Crippen LogP contribution in [0.1, 0.15) is 49.9 Å². The number of hydrogen-bond acceptors (Lipinski definition) is 5. The average Bonchev–Trinajstić information content (AvgIpc) is 2.49. The van der Waals surface area contributed by atoms with E-state index in [4.69, 9.17) is 21.1 Å². The molecule has 23 heavy (non-hydrogen) atoms. The van der Waals surface area contributed by atoms with E-state index in [1.165, 1.54) is 13.2 Å². The van der Waals surface area contributed by atoms with E-state index in [0.29, 0.717) is 12.5 Å². The predicted molar refractivity (Wildman–Crippen MR) is 88.6 cm³/mol. The largest absolute Gasteiger partial charge is 0.496 e. The lowest BCUT2D eigenvalue weighted by molar-refractivity contribution is -0.385. The Hall–Kier alpha value is -1.82. The normalized spacial score (nSPS) is 10.7. The molecular formula is C16H22ClNO5. The summed E-state index contributed by atoms with van der Waals surface area (Å²) >= 11 is 5.42. The molecule has 0 heterocycles. The van der Waals surface area contributed by atoms with Crippen molar-refractivity contribution in [2.75, 3.05) is 13.7 Å². The molecule has 0 fully saturated rings. The quantitative estimate of drug-likeness (QED) is 0.269. The van der Waals surface area contributed by atoms with E-state index in [-0.39, 0.29) is 22.7 Å². The number of nitro groups is 1. The minimum absolute atomic E-state index is 0.0508. The molecule has 0 N–H and O–H groups in total. The number of halogens is 1. The van der Waals surface area contributed by atoms with Gasteiger partial charge in [-0.1, -0.05) is 33.1 Å².